The van der Waals surface area contributed by atoms with Crippen LogP contribution in [-0.4, -0.2) is 7.11 Å². The molecule has 2 nitrogen and oxygen atoms in total. The Kier molecular flexibility index (Phi) is 3.11. The first-order chi connectivity index (χ1) is 9.28. The van der Waals surface area contributed by atoms with Crippen molar-refractivity contribution in [1.29, 1.82) is 0 Å². The molecule has 0 fully saturated rings. The van der Waals surface area contributed by atoms with Gasteiger partial charge in [0, 0.05) is 11.3 Å². The molecule has 0 saturated heterocycles. The molecule has 3 heteroatoms. The molecule has 0 spiro atoms. The number of benzene rings is 2. The SMILES string of the molecule is COc1ccc(F)cc1C1CCc2ccccc2N1. The summed E-state index contributed by atoms with van der Waals surface area (Å²) < 4.78 is 18.8. The number of rotatable bonds is 2. The number of halogens is 1. The molecule has 2 aromatic rings. The van der Waals surface area contributed by atoms with E-state index in [2.05, 4.69) is 17.4 Å². The van der Waals surface area contributed by atoms with Crippen molar-refractivity contribution < 1.29 is 9.13 Å². The first-order valence-corrected chi connectivity index (χ1v) is 6.46. The van der Waals surface area contributed by atoms with Crippen LogP contribution in [0.2, 0.25) is 0 Å². The van der Waals surface area contributed by atoms with Gasteiger partial charge in [-0.2, -0.15) is 0 Å². The molecule has 1 heterocycles. The average Bonchev–Trinajstić information content (AvgIpc) is 2.46. The van der Waals surface area contributed by atoms with Gasteiger partial charge in [0.25, 0.3) is 0 Å². The van der Waals surface area contributed by atoms with Crippen LogP contribution >= 0.6 is 0 Å². The van der Waals surface area contributed by atoms with Crippen molar-refractivity contribution >= 4 is 5.69 Å². The standard InChI is InChI=1S/C16H16FNO/c1-19-16-9-7-12(17)10-13(16)15-8-6-11-4-2-3-5-14(11)18-15/h2-5,7,9-10,15,18H,6,8H2,1H3. The van der Waals surface area contributed by atoms with Gasteiger partial charge in [-0.15, -0.1) is 0 Å². The molecule has 1 unspecified atom stereocenters. The third-order valence-corrected chi connectivity index (χ3v) is 3.62. The molecule has 1 N–H and O–H groups in total. The second-order valence-electron chi connectivity index (χ2n) is 4.78. The maximum absolute atomic E-state index is 13.5. The predicted molar refractivity (Wildman–Crippen MR) is 74.1 cm³/mol. The van der Waals surface area contributed by atoms with Gasteiger partial charge in [0.1, 0.15) is 11.6 Å². The van der Waals surface area contributed by atoms with E-state index in [4.69, 9.17) is 4.74 Å². The summed E-state index contributed by atoms with van der Waals surface area (Å²) in [5.41, 5.74) is 3.33. The van der Waals surface area contributed by atoms with E-state index >= 15 is 0 Å². The zero-order valence-corrected chi connectivity index (χ0v) is 10.8. The smallest absolute Gasteiger partial charge is 0.124 e. The summed E-state index contributed by atoms with van der Waals surface area (Å²) >= 11 is 0. The Bertz CT molecular complexity index is 597. The van der Waals surface area contributed by atoms with Gasteiger partial charge in [0.15, 0.2) is 0 Å². The summed E-state index contributed by atoms with van der Waals surface area (Å²) in [6.45, 7) is 0. The summed E-state index contributed by atoms with van der Waals surface area (Å²) in [5.74, 6) is 0.509. The van der Waals surface area contributed by atoms with E-state index in [0.717, 1.165) is 29.8 Å². The largest absolute Gasteiger partial charge is 0.496 e. The number of fused-ring (bicyclic) bond motifs is 1. The molecule has 1 aliphatic heterocycles. The van der Waals surface area contributed by atoms with Gasteiger partial charge in [0.2, 0.25) is 0 Å². The van der Waals surface area contributed by atoms with E-state index < -0.39 is 0 Å². The minimum Gasteiger partial charge on any atom is -0.496 e. The van der Waals surface area contributed by atoms with Gasteiger partial charge in [-0.05, 0) is 42.7 Å². The highest BCUT2D eigenvalue weighted by atomic mass is 19.1. The topological polar surface area (TPSA) is 21.3 Å². The van der Waals surface area contributed by atoms with E-state index in [1.54, 1.807) is 19.2 Å². The number of ether oxygens (including phenoxy) is 1. The molecule has 1 aliphatic rings. The van der Waals surface area contributed by atoms with Crippen molar-refractivity contribution in [3.05, 3.63) is 59.4 Å². The lowest BCUT2D eigenvalue weighted by Crippen LogP contribution is -2.18. The van der Waals surface area contributed by atoms with E-state index in [1.807, 2.05) is 12.1 Å². The summed E-state index contributed by atoms with van der Waals surface area (Å²) in [7, 11) is 1.62. The number of nitrogens with one attached hydrogen (secondary N) is 1. The molecule has 0 bridgehead atoms. The molecule has 3 rings (SSSR count). The molecular formula is C16H16FNO. The third-order valence-electron chi connectivity index (χ3n) is 3.62. The van der Waals surface area contributed by atoms with E-state index in [0.29, 0.717) is 0 Å². The Morgan fingerprint density at radius 1 is 1.21 bits per heavy atom. The van der Waals surface area contributed by atoms with Crippen LogP contribution < -0.4 is 10.1 Å². The fraction of sp³-hybridized carbons (Fsp3) is 0.250. The zero-order valence-electron chi connectivity index (χ0n) is 10.8. The molecule has 2 aromatic carbocycles. The summed E-state index contributed by atoms with van der Waals surface area (Å²) in [6, 6.07) is 13.0. The highest BCUT2D eigenvalue weighted by Crippen LogP contribution is 2.36. The molecular weight excluding hydrogens is 241 g/mol. The summed E-state index contributed by atoms with van der Waals surface area (Å²) in [6.07, 6.45) is 1.93. The van der Waals surface area contributed by atoms with Crippen molar-refractivity contribution in [3.63, 3.8) is 0 Å². The molecule has 0 amide bonds. The molecule has 0 aliphatic carbocycles. The van der Waals surface area contributed by atoms with Gasteiger partial charge >= 0.3 is 0 Å². The molecule has 19 heavy (non-hydrogen) atoms. The van der Waals surface area contributed by atoms with Crippen LogP contribution in [0.25, 0.3) is 0 Å². The molecule has 98 valence electrons. The lowest BCUT2D eigenvalue weighted by atomic mass is 9.93. The molecule has 0 saturated carbocycles. The molecule has 0 radical (unpaired) electrons. The second kappa shape index (κ2) is 4.92. The van der Waals surface area contributed by atoms with Crippen molar-refractivity contribution in [2.45, 2.75) is 18.9 Å². The lowest BCUT2D eigenvalue weighted by molar-refractivity contribution is 0.404. The van der Waals surface area contributed by atoms with Gasteiger partial charge in [-0.3, -0.25) is 0 Å². The van der Waals surface area contributed by atoms with Crippen LogP contribution in [0.5, 0.6) is 5.75 Å². The third kappa shape index (κ3) is 2.28. The number of anilines is 1. The highest BCUT2D eigenvalue weighted by Gasteiger charge is 2.22. The number of para-hydroxylation sites is 1. The minimum atomic E-state index is -0.226. The van der Waals surface area contributed by atoms with Crippen LogP contribution in [0, 0.1) is 5.82 Å². The van der Waals surface area contributed by atoms with Crippen molar-refractivity contribution in [2.24, 2.45) is 0 Å². The Hall–Kier alpha value is -2.03. The van der Waals surface area contributed by atoms with Crippen molar-refractivity contribution in [2.75, 3.05) is 12.4 Å². The zero-order chi connectivity index (χ0) is 13.2. The summed E-state index contributed by atoms with van der Waals surface area (Å²) in [4.78, 5) is 0. The monoisotopic (exact) mass is 257 g/mol. The molecule has 1 atom stereocenters. The van der Waals surface area contributed by atoms with Crippen LogP contribution in [0.1, 0.15) is 23.6 Å². The fourth-order valence-corrected chi connectivity index (χ4v) is 2.65. The van der Waals surface area contributed by atoms with Gasteiger partial charge in [0.05, 0.1) is 13.2 Å². The first kappa shape index (κ1) is 12.0. The Morgan fingerprint density at radius 3 is 2.89 bits per heavy atom. The van der Waals surface area contributed by atoms with E-state index in [9.17, 15) is 4.39 Å². The minimum absolute atomic E-state index is 0.0977. The summed E-state index contributed by atoms with van der Waals surface area (Å²) in [5, 5.41) is 3.47. The molecule has 0 aromatic heterocycles. The number of aryl methyl sites for hydroxylation is 1. The first-order valence-electron chi connectivity index (χ1n) is 6.46. The van der Waals surface area contributed by atoms with Crippen molar-refractivity contribution in [1.82, 2.24) is 0 Å². The van der Waals surface area contributed by atoms with Gasteiger partial charge in [-0.1, -0.05) is 18.2 Å². The maximum atomic E-state index is 13.5. The Labute approximate surface area is 112 Å². The maximum Gasteiger partial charge on any atom is 0.124 e. The number of hydrogen-bond donors (Lipinski definition) is 1. The number of methoxy groups -OCH3 is 1. The normalized spacial score (nSPS) is 17.5. The van der Waals surface area contributed by atoms with Gasteiger partial charge < -0.3 is 10.1 Å². The quantitative estimate of drug-likeness (QED) is 0.880. The van der Waals surface area contributed by atoms with Crippen LogP contribution in [0.3, 0.4) is 0 Å². The van der Waals surface area contributed by atoms with E-state index in [1.165, 1.54) is 11.6 Å². The van der Waals surface area contributed by atoms with Crippen molar-refractivity contribution in [3.8, 4) is 5.75 Å². The second-order valence-corrected chi connectivity index (χ2v) is 4.78. The average molecular weight is 257 g/mol. The Balaban J connectivity index is 1.95. The van der Waals surface area contributed by atoms with Crippen LogP contribution in [0.4, 0.5) is 10.1 Å². The predicted octanol–water partition coefficient (Wildman–Crippen LogP) is 3.93. The lowest BCUT2D eigenvalue weighted by Gasteiger charge is -2.28. The van der Waals surface area contributed by atoms with Gasteiger partial charge in [-0.25, -0.2) is 4.39 Å². The van der Waals surface area contributed by atoms with Crippen LogP contribution in [0.15, 0.2) is 42.5 Å². The highest BCUT2D eigenvalue weighted by molar-refractivity contribution is 5.56. The number of hydrogen-bond acceptors (Lipinski definition) is 2. The Morgan fingerprint density at radius 2 is 2.05 bits per heavy atom. The van der Waals surface area contributed by atoms with Crippen LogP contribution in [-0.2, 0) is 6.42 Å². The fourth-order valence-electron chi connectivity index (χ4n) is 2.65. The van der Waals surface area contributed by atoms with E-state index in [-0.39, 0.29) is 11.9 Å².